The van der Waals surface area contributed by atoms with E-state index in [1.54, 1.807) is 4.57 Å². The van der Waals surface area contributed by atoms with Crippen molar-refractivity contribution in [1.29, 1.82) is 0 Å². The Balaban J connectivity index is 1.52. The van der Waals surface area contributed by atoms with Crippen molar-refractivity contribution >= 4 is 49.3 Å². The van der Waals surface area contributed by atoms with Crippen LogP contribution in [0.2, 0.25) is 0 Å². The first-order chi connectivity index (χ1) is 15.2. The standard InChI is InChI=1S/C24H23N3O2S2/c28-20(25-16-9-3-1-4-10-16)15-30-24-26-22-21(18-13-7-8-14-19(18)31-22)23(29)27(24)17-11-5-2-6-12-17/h2,5-8,11-14,16H,1,3-4,9-10,15H2,(H,25,28). The van der Waals surface area contributed by atoms with Gasteiger partial charge in [0.25, 0.3) is 5.56 Å². The summed E-state index contributed by atoms with van der Waals surface area (Å²) in [5.74, 6) is 0.244. The third kappa shape index (κ3) is 4.12. The molecule has 1 amide bonds. The van der Waals surface area contributed by atoms with Crippen molar-refractivity contribution in [2.45, 2.75) is 43.3 Å². The zero-order valence-electron chi connectivity index (χ0n) is 17.0. The van der Waals surface area contributed by atoms with Crippen molar-refractivity contribution in [3.63, 3.8) is 0 Å². The molecule has 2 aromatic carbocycles. The summed E-state index contributed by atoms with van der Waals surface area (Å²) in [5.41, 5.74) is 0.663. The van der Waals surface area contributed by atoms with Crippen LogP contribution in [0.3, 0.4) is 0 Å². The average Bonchev–Trinajstić information content (AvgIpc) is 3.18. The number of hydrogen-bond acceptors (Lipinski definition) is 5. The second kappa shape index (κ2) is 8.85. The Morgan fingerprint density at radius 1 is 1.06 bits per heavy atom. The maximum atomic E-state index is 13.6. The monoisotopic (exact) mass is 449 g/mol. The number of para-hydroxylation sites is 1. The molecule has 1 aliphatic carbocycles. The summed E-state index contributed by atoms with van der Waals surface area (Å²) < 4.78 is 2.68. The van der Waals surface area contributed by atoms with Gasteiger partial charge in [-0.25, -0.2) is 4.98 Å². The van der Waals surface area contributed by atoms with E-state index in [9.17, 15) is 9.59 Å². The molecule has 2 aromatic heterocycles. The van der Waals surface area contributed by atoms with Crippen LogP contribution in [0.5, 0.6) is 0 Å². The van der Waals surface area contributed by atoms with Gasteiger partial charge in [-0.2, -0.15) is 0 Å². The zero-order chi connectivity index (χ0) is 21.2. The Morgan fingerprint density at radius 2 is 1.81 bits per heavy atom. The average molecular weight is 450 g/mol. The Morgan fingerprint density at radius 3 is 2.61 bits per heavy atom. The summed E-state index contributed by atoms with van der Waals surface area (Å²) in [4.78, 5) is 31.7. The van der Waals surface area contributed by atoms with Gasteiger partial charge in [0.2, 0.25) is 5.91 Å². The van der Waals surface area contributed by atoms with E-state index in [1.807, 2.05) is 54.6 Å². The fraction of sp³-hybridized carbons (Fsp3) is 0.292. The highest BCUT2D eigenvalue weighted by molar-refractivity contribution is 7.99. The lowest BCUT2D eigenvalue weighted by atomic mass is 9.95. The molecule has 0 saturated heterocycles. The summed E-state index contributed by atoms with van der Waals surface area (Å²) in [7, 11) is 0. The maximum Gasteiger partial charge on any atom is 0.268 e. The predicted octanol–water partition coefficient (Wildman–Crippen LogP) is 5.14. The van der Waals surface area contributed by atoms with E-state index < -0.39 is 0 Å². The molecule has 0 bridgehead atoms. The molecule has 1 saturated carbocycles. The van der Waals surface area contributed by atoms with Crippen LogP contribution < -0.4 is 10.9 Å². The number of thiophene rings is 1. The molecule has 2 heterocycles. The summed E-state index contributed by atoms with van der Waals surface area (Å²) in [6.07, 6.45) is 5.71. The van der Waals surface area contributed by atoms with E-state index in [-0.39, 0.29) is 23.3 Å². The summed E-state index contributed by atoms with van der Waals surface area (Å²) in [6, 6.07) is 17.7. The molecule has 0 radical (unpaired) electrons. The van der Waals surface area contributed by atoms with Crippen LogP contribution in [0.1, 0.15) is 32.1 Å². The van der Waals surface area contributed by atoms with Gasteiger partial charge in [-0.3, -0.25) is 14.2 Å². The van der Waals surface area contributed by atoms with E-state index >= 15 is 0 Å². The molecule has 0 atom stereocenters. The van der Waals surface area contributed by atoms with Gasteiger partial charge in [0.1, 0.15) is 4.83 Å². The molecule has 1 aliphatic rings. The lowest BCUT2D eigenvalue weighted by molar-refractivity contribution is -0.119. The van der Waals surface area contributed by atoms with E-state index in [0.29, 0.717) is 15.4 Å². The van der Waals surface area contributed by atoms with Crippen molar-refractivity contribution in [2.24, 2.45) is 0 Å². The SMILES string of the molecule is O=C(CSc1nc2sc3ccccc3c2c(=O)n1-c1ccccc1)NC1CCCCC1. The number of amides is 1. The van der Waals surface area contributed by atoms with Gasteiger partial charge < -0.3 is 5.32 Å². The van der Waals surface area contributed by atoms with Crippen molar-refractivity contribution in [3.05, 3.63) is 65.0 Å². The minimum atomic E-state index is -0.0937. The number of nitrogens with zero attached hydrogens (tertiary/aromatic N) is 2. The normalized spacial score (nSPS) is 14.8. The van der Waals surface area contributed by atoms with Crippen molar-refractivity contribution in [2.75, 3.05) is 5.75 Å². The van der Waals surface area contributed by atoms with Crippen LogP contribution in [0.25, 0.3) is 26.0 Å². The van der Waals surface area contributed by atoms with Gasteiger partial charge in [0, 0.05) is 16.1 Å². The number of hydrogen-bond donors (Lipinski definition) is 1. The van der Waals surface area contributed by atoms with Gasteiger partial charge in [0.05, 0.1) is 16.8 Å². The number of carbonyl (C=O) groups is 1. The van der Waals surface area contributed by atoms with Crippen molar-refractivity contribution in [3.8, 4) is 5.69 Å². The molecule has 1 fully saturated rings. The molecular weight excluding hydrogens is 426 g/mol. The number of aromatic nitrogens is 2. The Bertz CT molecular complexity index is 1290. The van der Waals surface area contributed by atoms with Crippen LogP contribution >= 0.6 is 23.1 Å². The van der Waals surface area contributed by atoms with Gasteiger partial charge in [0.15, 0.2) is 5.16 Å². The summed E-state index contributed by atoms with van der Waals surface area (Å²) in [6.45, 7) is 0. The minimum absolute atomic E-state index is 0.00204. The number of rotatable bonds is 5. The summed E-state index contributed by atoms with van der Waals surface area (Å²) in [5, 5.41) is 5.27. The topological polar surface area (TPSA) is 64.0 Å². The van der Waals surface area contributed by atoms with Crippen molar-refractivity contribution in [1.82, 2.24) is 14.9 Å². The van der Waals surface area contributed by atoms with Crippen LogP contribution in [-0.2, 0) is 4.79 Å². The van der Waals surface area contributed by atoms with Crippen LogP contribution in [0.4, 0.5) is 0 Å². The number of fused-ring (bicyclic) bond motifs is 3. The number of carbonyl (C=O) groups excluding carboxylic acids is 1. The fourth-order valence-corrected chi connectivity index (χ4v) is 6.14. The molecule has 1 N–H and O–H groups in total. The maximum absolute atomic E-state index is 13.6. The van der Waals surface area contributed by atoms with Crippen LogP contribution in [0.15, 0.2) is 64.5 Å². The smallest absolute Gasteiger partial charge is 0.268 e. The van der Waals surface area contributed by atoms with E-state index in [2.05, 4.69) is 5.32 Å². The zero-order valence-corrected chi connectivity index (χ0v) is 18.7. The van der Waals surface area contributed by atoms with Crippen LogP contribution in [-0.4, -0.2) is 27.3 Å². The lowest BCUT2D eigenvalue weighted by Crippen LogP contribution is -2.37. The predicted molar refractivity (Wildman–Crippen MR) is 128 cm³/mol. The molecule has 4 aromatic rings. The highest BCUT2D eigenvalue weighted by Crippen LogP contribution is 2.32. The highest BCUT2D eigenvalue weighted by Gasteiger charge is 2.20. The minimum Gasteiger partial charge on any atom is -0.353 e. The summed E-state index contributed by atoms with van der Waals surface area (Å²) >= 11 is 2.84. The molecule has 0 spiro atoms. The molecule has 7 heteroatoms. The van der Waals surface area contributed by atoms with E-state index in [1.165, 1.54) is 42.4 Å². The molecule has 5 rings (SSSR count). The first kappa shape index (κ1) is 20.3. The first-order valence-electron chi connectivity index (χ1n) is 10.6. The van der Waals surface area contributed by atoms with Gasteiger partial charge in [-0.1, -0.05) is 67.4 Å². The van der Waals surface area contributed by atoms with Gasteiger partial charge >= 0.3 is 0 Å². The third-order valence-electron chi connectivity index (χ3n) is 5.70. The number of benzene rings is 2. The van der Waals surface area contributed by atoms with E-state index in [4.69, 9.17) is 4.98 Å². The quantitative estimate of drug-likeness (QED) is 0.338. The Labute approximate surface area is 188 Å². The molecule has 31 heavy (non-hydrogen) atoms. The van der Waals surface area contributed by atoms with E-state index in [0.717, 1.165) is 28.6 Å². The Hall–Kier alpha value is -2.64. The van der Waals surface area contributed by atoms with Gasteiger partial charge in [-0.15, -0.1) is 11.3 Å². The number of nitrogens with one attached hydrogen (secondary N) is 1. The first-order valence-corrected chi connectivity index (χ1v) is 12.4. The molecule has 5 nitrogen and oxygen atoms in total. The molecule has 0 aliphatic heterocycles. The highest BCUT2D eigenvalue weighted by atomic mass is 32.2. The third-order valence-corrected chi connectivity index (χ3v) is 7.70. The Kier molecular flexibility index (Phi) is 5.78. The molecule has 0 unspecified atom stereocenters. The molecular formula is C24H23N3O2S2. The van der Waals surface area contributed by atoms with Crippen molar-refractivity contribution < 1.29 is 4.79 Å². The fourth-order valence-electron chi connectivity index (χ4n) is 4.20. The number of thioether (sulfide) groups is 1. The largest absolute Gasteiger partial charge is 0.353 e. The second-order valence-corrected chi connectivity index (χ2v) is 9.81. The molecule has 158 valence electrons. The lowest BCUT2D eigenvalue weighted by Gasteiger charge is -2.22. The second-order valence-electron chi connectivity index (χ2n) is 7.84. The van der Waals surface area contributed by atoms with Crippen LogP contribution in [0, 0.1) is 0 Å². The van der Waals surface area contributed by atoms with Gasteiger partial charge in [-0.05, 0) is 31.0 Å².